The van der Waals surface area contributed by atoms with E-state index in [1.54, 1.807) is 24.3 Å². The molecule has 0 radical (unpaired) electrons. The number of morpholine rings is 2. The molecule has 0 bridgehead atoms. The molecule has 4 aliphatic heterocycles. The molecule has 4 aliphatic rings. The average molecular weight is 811 g/mol. The van der Waals surface area contributed by atoms with Gasteiger partial charge in [-0.25, -0.2) is 14.0 Å². The lowest BCUT2D eigenvalue weighted by Crippen LogP contribution is -2.36. The maximum atomic E-state index is 14.0. The van der Waals surface area contributed by atoms with Crippen molar-refractivity contribution in [1.82, 2.24) is 5.32 Å². The van der Waals surface area contributed by atoms with E-state index in [-0.39, 0.29) is 34.3 Å². The Morgan fingerprint density at radius 1 is 0.695 bits per heavy atom. The second-order valence-corrected chi connectivity index (χ2v) is 14.9. The summed E-state index contributed by atoms with van der Waals surface area (Å²) in [5.41, 5.74) is 3.59. The molecule has 0 unspecified atom stereocenters. The Bertz CT molecular complexity index is 2470. The van der Waals surface area contributed by atoms with Crippen molar-refractivity contribution in [1.29, 1.82) is 0 Å². The molecule has 14 nitrogen and oxygen atoms in total. The van der Waals surface area contributed by atoms with E-state index in [4.69, 9.17) is 27.8 Å². The van der Waals surface area contributed by atoms with Crippen LogP contribution in [0.25, 0.3) is 21.9 Å². The topological polar surface area (TPSA) is 153 Å². The molecule has 310 valence electrons. The fraction of sp³-hybridized carbons (Fsp3) is 0.409. The van der Waals surface area contributed by atoms with Gasteiger partial charge in [-0.2, -0.15) is 0 Å². The number of halogens is 1. The van der Waals surface area contributed by atoms with Crippen LogP contribution in [0.15, 0.2) is 79.1 Å². The van der Waals surface area contributed by atoms with Crippen LogP contribution < -0.4 is 30.9 Å². The quantitative estimate of drug-likeness (QED) is 0.199. The van der Waals surface area contributed by atoms with Crippen LogP contribution in [0, 0.1) is 5.82 Å². The lowest BCUT2D eigenvalue weighted by molar-refractivity contribution is 0.0592. The minimum atomic E-state index is -0.523. The number of esters is 2. The van der Waals surface area contributed by atoms with Gasteiger partial charge in [0.25, 0.3) is 0 Å². The lowest BCUT2D eigenvalue weighted by atomic mass is 9.98. The van der Waals surface area contributed by atoms with Gasteiger partial charge in [0, 0.05) is 67.7 Å². The predicted molar refractivity (Wildman–Crippen MR) is 219 cm³/mol. The van der Waals surface area contributed by atoms with Crippen LogP contribution in [0.3, 0.4) is 0 Å². The number of nitrogens with zero attached hydrogens (tertiary/aromatic N) is 3. The summed E-state index contributed by atoms with van der Waals surface area (Å²) in [5, 5.41) is 4.16. The van der Waals surface area contributed by atoms with E-state index in [0.29, 0.717) is 91.9 Å². The van der Waals surface area contributed by atoms with E-state index in [1.807, 2.05) is 15.9 Å². The van der Waals surface area contributed by atoms with Crippen molar-refractivity contribution in [3.05, 3.63) is 109 Å². The first-order valence-corrected chi connectivity index (χ1v) is 20.0. The molecule has 6 heterocycles. The number of ether oxygens (including phenoxy) is 4. The van der Waals surface area contributed by atoms with E-state index in [9.17, 15) is 23.6 Å². The summed E-state index contributed by atoms with van der Waals surface area (Å²) < 4.78 is 47.0. The van der Waals surface area contributed by atoms with Crippen LogP contribution in [-0.2, 0) is 18.9 Å². The first-order valence-electron chi connectivity index (χ1n) is 20.0. The number of fused-ring (bicyclic) bond motifs is 2. The summed E-state index contributed by atoms with van der Waals surface area (Å²) >= 11 is 0. The number of carbonyl (C=O) groups excluding carboxylic acids is 2. The standard InChI is InChI=1S/C25H25FN2O5.C19H22N2O5/c1-31-25(30)16-12-19(21-6-3-7-28(21)18-5-2-4-17(26)14-18)24-20(13-16)22(29)15-23(33-24)27-8-10-32-11-9-27;1-24-19(23)12-9-13(15-3-2-4-20-15)18-14(10-12)16(22)11-17(26-18)21-5-7-25-8-6-21/h2,4-5,12-15,21H,3,6-11H2,1H3;9-11,15,20H,2-8H2,1H3/t21-;15-/m11/s1. The molecule has 15 heteroatoms. The predicted octanol–water partition coefficient (Wildman–Crippen LogP) is 5.74. The van der Waals surface area contributed by atoms with Gasteiger partial charge in [-0.05, 0) is 74.7 Å². The van der Waals surface area contributed by atoms with E-state index in [0.717, 1.165) is 55.6 Å². The Balaban J connectivity index is 0.000000169. The summed E-state index contributed by atoms with van der Waals surface area (Å²) in [4.78, 5) is 56.5. The van der Waals surface area contributed by atoms with Crippen LogP contribution in [0.2, 0.25) is 0 Å². The number of methoxy groups -OCH3 is 2. The van der Waals surface area contributed by atoms with Crippen molar-refractivity contribution < 1.29 is 41.8 Å². The molecule has 0 saturated carbocycles. The minimum absolute atomic E-state index is 0.0604. The van der Waals surface area contributed by atoms with Crippen LogP contribution in [0.5, 0.6) is 0 Å². The molecule has 0 aliphatic carbocycles. The first kappa shape index (κ1) is 40.0. The number of hydrogen-bond acceptors (Lipinski definition) is 14. The summed E-state index contributed by atoms with van der Waals surface area (Å²) in [7, 11) is 2.65. The monoisotopic (exact) mass is 810 g/mol. The third-order valence-corrected chi connectivity index (χ3v) is 11.4. The van der Waals surface area contributed by atoms with Crippen LogP contribution in [0.1, 0.15) is 69.6 Å². The molecule has 9 rings (SSSR count). The van der Waals surface area contributed by atoms with Gasteiger partial charge in [0.1, 0.15) is 17.0 Å². The Hall–Kier alpha value is -5.77. The van der Waals surface area contributed by atoms with Crippen LogP contribution in [0.4, 0.5) is 21.8 Å². The normalized spacial score (nSPS) is 19.5. The largest absolute Gasteiger partial charge is 0.465 e. The van der Waals surface area contributed by atoms with Crippen molar-refractivity contribution in [3.8, 4) is 0 Å². The average Bonchev–Trinajstić information content (AvgIpc) is 4.00. The van der Waals surface area contributed by atoms with Crippen molar-refractivity contribution in [2.24, 2.45) is 0 Å². The smallest absolute Gasteiger partial charge is 0.337 e. The van der Waals surface area contributed by atoms with Crippen LogP contribution in [-0.4, -0.2) is 91.9 Å². The Morgan fingerprint density at radius 2 is 1.25 bits per heavy atom. The second-order valence-electron chi connectivity index (χ2n) is 14.9. The van der Waals surface area contributed by atoms with Crippen molar-refractivity contribution in [3.63, 3.8) is 0 Å². The highest BCUT2D eigenvalue weighted by Crippen LogP contribution is 2.40. The molecule has 2 atom stereocenters. The van der Waals surface area contributed by atoms with Crippen molar-refractivity contribution in [2.45, 2.75) is 37.8 Å². The maximum Gasteiger partial charge on any atom is 0.337 e. The zero-order chi connectivity index (χ0) is 41.0. The maximum absolute atomic E-state index is 14.0. The van der Waals surface area contributed by atoms with Gasteiger partial charge < -0.3 is 47.8 Å². The molecule has 3 aromatic carbocycles. The summed E-state index contributed by atoms with van der Waals surface area (Å²) in [5.74, 6) is -0.255. The lowest BCUT2D eigenvalue weighted by Gasteiger charge is -2.29. The number of anilines is 3. The number of carbonyl (C=O) groups is 2. The number of hydrogen-bond donors (Lipinski definition) is 1. The highest BCUT2D eigenvalue weighted by molar-refractivity contribution is 5.96. The number of nitrogens with one attached hydrogen (secondary N) is 1. The van der Waals surface area contributed by atoms with E-state index in [2.05, 4.69) is 10.2 Å². The summed E-state index contributed by atoms with van der Waals surface area (Å²) in [6, 6.07) is 15.9. The third-order valence-electron chi connectivity index (χ3n) is 11.4. The van der Waals surface area contributed by atoms with Gasteiger partial charge in [-0.1, -0.05) is 6.07 Å². The highest BCUT2D eigenvalue weighted by Gasteiger charge is 2.31. The fourth-order valence-electron chi connectivity index (χ4n) is 8.41. The van der Waals surface area contributed by atoms with Crippen molar-refractivity contribution in [2.75, 3.05) is 94.6 Å². The number of benzene rings is 3. The number of rotatable bonds is 7. The molecule has 1 N–H and O–H groups in total. The van der Waals surface area contributed by atoms with Gasteiger partial charge in [0.2, 0.25) is 0 Å². The molecular formula is C44H47FN4O10. The van der Waals surface area contributed by atoms with Crippen LogP contribution >= 0.6 is 0 Å². The van der Waals surface area contributed by atoms with Gasteiger partial charge in [0.05, 0.1) is 68.6 Å². The molecule has 2 aromatic heterocycles. The molecule has 4 fully saturated rings. The van der Waals surface area contributed by atoms with Gasteiger partial charge in [-0.15, -0.1) is 0 Å². The van der Waals surface area contributed by atoms with Crippen molar-refractivity contribution >= 4 is 51.3 Å². The summed E-state index contributed by atoms with van der Waals surface area (Å²) in [6.45, 7) is 6.61. The molecule has 0 amide bonds. The summed E-state index contributed by atoms with van der Waals surface area (Å²) in [6.07, 6.45) is 3.65. The molecule has 5 aromatic rings. The van der Waals surface area contributed by atoms with Gasteiger partial charge in [0.15, 0.2) is 22.6 Å². The molecular weight excluding hydrogens is 764 g/mol. The highest BCUT2D eigenvalue weighted by atomic mass is 19.1. The zero-order valence-corrected chi connectivity index (χ0v) is 33.1. The van der Waals surface area contributed by atoms with E-state index < -0.39 is 11.9 Å². The first-order chi connectivity index (χ1) is 28.7. The SMILES string of the molecule is COC(=O)c1cc([C@H]2CCCN2)c2oc(N3CCOCC3)cc(=O)c2c1.COC(=O)c1cc([C@H]2CCCN2c2cccc(F)c2)c2oc(N3CCOCC3)cc(=O)c2c1. The Kier molecular flexibility index (Phi) is 11.9. The van der Waals surface area contributed by atoms with E-state index in [1.165, 1.54) is 44.6 Å². The molecule has 4 saturated heterocycles. The fourth-order valence-corrected chi connectivity index (χ4v) is 8.41. The third kappa shape index (κ3) is 8.40. The minimum Gasteiger partial charge on any atom is -0.465 e. The molecule has 0 spiro atoms. The Labute approximate surface area is 339 Å². The van der Waals surface area contributed by atoms with Gasteiger partial charge in [-0.3, -0.25) is 9.59 Å². The Morgan fingerprint density at radius 3 is 1.78 bits per heavy atom. The zero-order valence-electron chi connectivity index (χ0n) is 33.1. The van der Waals surface area contributed by atoms with E-state index >= 15 is 0 Å². The molecule has 59 heavy (non-hydrogen) atoms. The van der Waals surface area contributed by atoms with Gasteiger partial charge >= 0.3 is 11.9 Å². The second kappa shape index (κ2) is 17.6.